The number of methoxy groups -OCH3 is 1. The summed E-state index contributed by atoms with van der Waals surface area (Å²) in [6.45, 7) is 6.40. The maximum absolute atomic E-state index is 13.0. The van der Waals surface area contributed by atoms with Crippen molar-refractivity contribution in [2.45, 2.75) is 45.1 Å². The van der Waals surface area contributed by atoms with Crippen molar-refractivity contribution < 1.29 is 18.7 Å². The van der Waals surface area contributed by atoms with Gasteiger partial charge in [-0.25, -0.2) is 9.18 Å². The molecule has 0 aromatic heterocycles. The molecule has 0 bridgehead atoms. The number of hydrogen-bond donors (Lipinski definition) is 1. The molecular formula is C22H26FNO3. The molecule has 0 saturated carbocycles. The first kappa shape index (κ1) is 20.6. The van der Waals surface area contributed by atoms with Crippen LogP contribution in [0.4, 0.5) is 4.39 Å². The molecule has 0 aliphatic rings. The Balaban J connectivity index is 2.05. The van der Waals surface area contributed by atoms with E-state index in [1.807, 2.05) is 24.3 Å². The predicted octanol–water partition coefficient (Wildman–Crippen LogP) is 3.57. The number of amides is 1. The van der Waals surface area contributed by atoms with Crippen molar-refractivity contribution in [2.75, 3.05) is 7.11 Å². The van der Waals surface area contributed by atoms with Crippen LogP contribution in [-0.2, 0) is 32.6 Å². The first-order valence-electron chi connectivity index (χ1n) is 8.90. The Hall–Kier alpha value is -2.69. The topological polar surface area (TPSA) is 55.4 Å². The average Bonchev–Trinajstić information content (AvgIpc) is 2.62. The van der Waals surface area contributed by atoms with Gasteiger partial charge < -0.3 is 10.1 Å². The second-order valence-electron chi connectivity index (χ2n) is 7.60. The van der Waals surface area contributed by atoms with E-state index in [0.29, 0.717) is 12.0 Å². The molecule has 4 nitrogen and oxygen atoms in total. The van der Waals surface area contributed by atoms with Crippen molar-refractivity contribution in [2.24, 2.45) is 0 Å². The van der Waals surface area contributed by atoms with Gasteiger partial charge in [-0.05, 0) is 34.2 Å². The fourth-order valence-corrected chi connectivity index (χ4v) is 2.75. The summed E-state index contributed by atoms with van der Waals surface area (Å²) in [6.07, 6.45) is 0.406. The summed E-state index contributed by atoms with van der Waals surface area (Å²) in [5.74, 6) is -1.17. The third kappa shape index (κ3) is 6.20. The Morgan fingerprint density at radius 2 is 1.56 bits per heavy atom. The first-order chi connectivity index (χ1) is 12.7. The van der Waals surface area contributed by atoms with Crippen molar-refractivity contribution >= 4 is 11.9 Å². The van der Waals surface area contributed by atoms with Crippen LogP contribution in [0.1, 0.15) is 37.5 Å². The minimum absolute atomic E-state index is 0.0453. The van der Waals surface area contributed by atoms with Crippen LogP contribution in [0.3, 0.4) is 0 Å². The highest BCUT2D eigenvalue weighted by molar-refractivity contribution is 5.85. The molecule has 0 aliphatic heterocycles. The van der Waals surface area contributed by atoms with Gasteiger partial charge in [0.15, 0.2) is 0 Å². The quantitative estimate of drug-likeness (QED) is 0.790. The van der Waals surface area contributed by atoms with Crippen LogP contribution >= 0.6 is 0 Å². The Kier molecular flexibility index (Phi) is 6.72. The lowest BCUT2D eigenvalue weighted by Crippen LogP contribution is -2.43. The molecular weight excluding hydrogens is 345 g/mol. The highest BCUT2D eigenvalue weighted by Gasteiger charge is 2.22. The van der Waals surface area contributed by atoms with Crippen molar-refractivity contribution in [3.05, 3.63) is 71.0 Å². The third-order valence-corrected chi connectivity index (χ3v) is 4.36. The molecule has 1 atom stereocenters. The zero-order valence-corrected chi connectivity index (χ0v) is 16.2. The highest BCUT2D eigenvalue weighted by Crippen LogP contribution is 2.22. The lowest BCUT2D eigenvalue weighted by atomic mass is 9.86. The monoisotopic (exact) mass is 371 g/mol. The largest absolute Gasteiger partial charge is 0.467 e. The molecule has 2 rings (SSSR count). The number of carbonyl (C=O) groups is 2. The summed E-state index contributed by atoms with van der Waals surface area (Å²) >= 11 is 0. The van der Waals surface area contributed by atoms with Gasteiger partial charge in [0.05, 0.1) is 13.5 Å². The SMILES string of the molecule is COC(=O)[C@H](Cc1ccc(C(C)(C)C)cc1)NC(=O)Cc1ccc(F)cc1. The van der Waals surface area contributed by atoms with E-state index >= 15 is 0 Å². The molecule has 0 heterocycles. The Labute approximate surface area is 159 Å². The van der Waals surface area contributed by atoms with Gasteiger partial charge in [0.25, 0.3) is 0 Å². The summed E-state index contributed by atoms with van der Waals surface area (Å²) in [5.41, 5.74) is 2.85. The minimum Gasteiger partial charge on any atom is -0.467 e. The lowest BCUT2D eigenvalue weighted by molar-refractivity contribution is -0.145. The lowest BCUT2D eigenvalue weighted by Gasteiger charge is -2.20. The van der Waals surface area contributed by atoms with Crippen LogP contribution < -0.4 is 5.32 Å². The average molecular weight is 371 g/mol. The van der Waals surface area contributed by atoms with Gasteiger partial charge in [-0.1, -0.05) is 57.2 Å². The fourth-order valence-electron chi connectivity index (χ4n) is 2.75. The van der Waals surface area contributed by atoms with E-state index in [1.165, 1.54) is 24.8 Å². The number of nitrogens with one attached hydrogen (secondary N) is 1. The van der Waals surface area contributed by atoms with Gasteiger partial charge in [-0.15, -0.1) is 0 Å². The molecule has 2 aromatic rings. The highest BCUT2D eigenvalue weighted by atomic mass is 19.1. The molecule has 27 heavy (non-hydrogen) atoms. The predicted molar refractivity (Wildman–Crippen MR) is 103 cm³/mol. The van der Waals surface area contributed by atoms with Gasteiger partial charge >= 0.3 is 5.97 Å². The van der Waals surface area contributed by atoms with Crippen LogP contribution in [0.5, 0.6) is 0 Å². The number of ether oxygens (including phenoxy) is 1. The molecule has 1 N–H and O–H groups in total. The maximum Gasteiger partial charge on any atom is 0.328 e. The van der Waals surface area contributed by atoms with Crippen LogP contribution in [0.15, 0.2) is 48.5 Å². The van der Waals surface area contributed by atoms with Gasteiger partial charge in [0.2, 0.25) is 5.91 Å². The summed E-state index contributed by atoms with van der Waals surface area (Å²) in [6, 6.07) is 12.9. The minimum atomic E-state index is -0.775. The van der Waals surface area contributed by atoms with Gasteiger partial charge in [-0.3, -0.25) is 4.79 Å². The molecule has 144 valence electrons. The van der Waals surface area contributed by atoms with E-state index in [9.17, 15) is 14.0 Å². The van der Waals surface area contributed by atoms with Crippen LogP contribution in [0, 0.1) is 5.82 Å². The van der Waals surface area contributed by atoms with Crippen LogP contribution in [-0.4, -0.2) is 25.0 Å². The van der Waals surface area contributed by atoms with E-state index in [4.69, 9.17) is 4.74 Å². The van der Waals surface area contributed by atoms with Gasteiger partial charge in [-0.2, -0.15) is 0 Å². The van der Waals surface area contributed by atoms with Gasteiger partial charge in [0, 0.05) is 6.42 Å². The second kappa shape index (κ2) is 8.80. The molecule has 0 fully saturated rings. The molecule has 0 radical (unpaired) electrons. The molecule has 0 aliphatic carbocycles. The number of hydrogen-bond acceptors (Lipinski definition) is 3. The number of halogens is 1. The zero-order chi connectivity index (χ0) is 20.0. The van der Waals surface area contributed by atoms with E-state index in [-0.39, 0.29) is 23.6 Å². The number of rotatable bonds is 6. The summed E-state index contributed by atoms with van der Waals surface area (Å²) in [4.78, 5) is 24.4. The molecule has 0 saturated heterocycles. The number of esters is 1. The van der Waals surface area contributed by atoms with Crippen LogP contribution in [0.25, 0.3) is 0 Å². The number of benzene rings is 2. The summed E-state index contributed by atoms with van der Waals surface area (Å²) < 4.78 is 17.8. The summed E-state index contributed by atoms with van der Waals surface area (Å²) in [7, 11) is 1.30. The molecule has 0 unspecified atom stereocenters. The Morgan fingerprint density at radius 3 is 2.07 bits per heavy atom. The molecule has 2 aromatic carbocycles. The standard InChI is InChI=1S/C22H26FNO3/c1-22(2,3)17-9-5-15(6-10-17)13-19(21(26)27-4)24-20(25)14-16-7-11-18(23)12-8-16/h5-12,19H,13-14H2,1-4H3,(H,24,25)/t19-/m0/s1. The first-order valence-corrected chi connectivity index (χ1v) is 8.90. The second-order valence-corrected chi connectivity index (χ2v) is 7.60. The van der Waals surface area contributed by atoms with Crippen molar-refractivity contribution in [1.82, 2.24) is 5.32 Å². The zero-order valence-electron chi connectivity index (χ0n) is 16.2. The molecule has 5 heteroatoms. The number of carbonyl (C=O) groups excluding carboxylic acids is 2. The van der Waals surface area contributed by atoms with E-state index in [0.717, 1.165) is 5.56 Å². The van der Waals surface area contributed by atoms with Crippen molar-refractivity contribution in [3.8, 4) is 0 Å². The normalized spacial score (nSPS) is 12.3. The summed E-state index contributed by atoms with van der Waals surface area (Å²) in [5, 5.41) is 2.72. The van der Waals surface area contributed by atoms with Gasteiger partial charge in [0.1, 0.15) is 11.9 Å². The van der Waals surface area contributed by atoms with Crippen molar-refractivity contribution in [1.29, 1.82) is 0 Å². The Bertz CT molecular complexity index is 777. The molecule has 0 spiro atoms. The van der Waals surface area contributed by atoms with E-state index in [2.05, 4.69) is 26.1 Å². The van der Waals surface area contributed by atoms with Crippen LogP contribution in [0.2, 0.25) is 0 Å². The molecule has 1 amide bonds. The third-order valence-electron chi connectivity index (χ3n) is 4.36. The Morgan fingerprint density at radius 1 is 1.00 bits per heavy atom. The smallest absolute Gasteiger partial charge is 0.328 e. The van der Waals surface area contributed by atoms with E-state index in [1.54, 1.807) is 12.1 Å². The fraction of sp³-hybridized carbons (Fsp3) is 0.364. The van der Waals surface area contributed by atoms with E-state index < -0.39 is 12.0 Å². The van der Waals surface area contributed by atoms with Crippen molar-refractivity contribution in [3.63, 3.8) is 0 Å². The maximum atomic E-state index is 13.0.